The van der Waals surface area contributed by atoms with Crippen molar-refractivity contribution in [1.29, 1.82) is 0 Å². The monoisotopic (exact) mass is 282 g/mol. The Hall–Kier alpha value is -1.07. The molecule has 106 valence electrons. The summed E-state index contributed by atoms with van der Waals surface area (Å²) in [5, 5.41) is 3.07. The van der Waals surface area contributed by atoms with Gasteiger partial charge in [0.15, 0.2) is 0 Å². The molecular weight excluding hydrogens is 260 g/mol. The Labute approximate surface area is 115 Å². The summed E-state index contributed by atoms with van der Waals surface area (Å²) in [5.41, 5.74) is 3.21. The Kier molecular flexibility index (Phi) is 4.47. The Morgan fingerprint density at radius 2 is 2.16 bits per heavy atom. The third-order valence-electron chi connectivity index (χ3n) is 3.43. The van der Waals surface area contributed by atoms with Crippen molar-refractivity contribution in [3.63, 3.8) is 0 Å². The molecule has 1 aliphatic heterocycles. The van der Waals surface area contributed by atoms with E-state index in [1.165, 1.54) is 5.56 Å². The van der Waals surface area contributed by atoms with Crippen molar-refractivity contribution in [2.24, 2.45) is 0 Å². The third-order valence-corrected chi connectivity index (χ3v) is 5.20. The van der Waals surface area contributed by atoms with Gasteiger partial charge in [-0.05, 0) is 37.9 Å². The second kappa shape index (κ2) is 5.92. The van der Waals surface area contributed by atoms with Crippen LogP contribution in [0.1, 0.15) is 24.5 Å². The number of hydrogen-bond donors (Lipinski definition) is 1. The molecule has 0 aliphatic carbocycles. The molecule has 1 aromatic rings. The molecule has 0 bridgehead atoms. The molecule has 5 heteroatoms. The highest BCUT2D eigenvalue weighted by Gasteiger charge is 2.26. The fourth-order valence-corrected chi connectivity index (χ4v) is 3.98. The molecule has 2 rings (SSSR count). The van der Waals surface area contributed by atoms with E-state index in [1.807, 2.05) is 26.0 Å². The van der Waals surface area contributed by atoms with Gasteiger partial charge < -0.3 is 5.32 Å². The molecule has 0 atom stereocenters. The lowest BCUT2D eigenvalue weighted by Crippen LogP contribution is -2.39. The molecule has 1 aromatic carbocycles. The Balaban J connectivity index is 2.23. The minimum atomic E-state index is -3.21. The highest BCUT2D eigenvalue weighted by atomic mass is 32.2. The predicted molar refractivity (Wildman–Crippen MR) is 79.2 cm³/mol. The maximum Gasteiger partial charge on any atom is 0.236 e. The number of nitrogens with one attached hydrogen (secondary N) is 1. The average Bonchev–Trinajstić information content (AvgIpc) is 2.37. The molecule has 0 spiro atoms. The van der Waals surface area contributed by atoms with Crippen LogP contribution in [0, 0.1) is 6.92 Å². The minimum absolute atomic E-state index is 0.161. The number of hydrogen-bond acceptors (Lipinski definition) is 3. The fraction of sp³-hybridized carbons (Fsp3) is 0.571. The maximum atomic E-state index is 12.4. The minimum Gasteiger partial charge on any atom is -0.316 e. The van der Waals surface area contributed by atoms with Gasteiger partial charge >= 0.3 is 0 Å². The van der Waals surface area contributed by atoms with E-state index < -0.39 is 10.0 Å². The van der Waals surface area contributed by atoms with E-state index >= 15 is 0 Å². The second-order valence-corrected chi connectivity index (χ2v) is 6.99. The lowest BCUT2D eigenvalue weighted by Gasteiger charge is -2.30. The van der Waals surface area contributed by atoms with Crippen molar-refractivity contribution in [1.82, 2.24) is 5.32 Å². The summed E-state index contributed by atoms with van der Waals surface area (Å²) in [6.45, 7) is 5.93. The number of nitrogens with zero attached hydrogens (tertiary/aromatic N) is 1. The molecule has 0 saturated carbocycles. The summed E-state index contributed by atoms with van der Waals surface area (Å²) in [6, 6.07) is 6.02. The smallest absolute Gasteiger partial charge is 0.236 e. The van der Waals surface area contributed by atoms with Crippen molar-refractivity contribution in [3.8, 4) is 0 Å². The SMILES string of the molecule is CCNCCS(=O)(=O)N1CCCc2cc(C)ccc21. The molecule has 0 fully saturated rings. The van der Waals surface area contributed by atoms with Gasteiger partial charge in [-0.25, -0.2) is 8.42 Å². The van der Waals surface area contributed by atoms with Crippen LogP contribution < -0.4 is 9.62 Å². The summed E-state index contributed by atoms with van der Waals surface area (Å²) in [7, 11) is -3.21. The summed E-state index contributed by atoms with van der Waals surface area (Å²) >= 11 is 0. The molecule has 0 saturated heterocycles. The van der Waals surface area contributed by atoms with Crippen LogP contribution in [0.4, 0.5) is 5.69 Å². The molecular formula is C14H22N2O2S. The Bertz CT molecular complexity index is 540. The van der Waals surface area contributed by atoms with Crippen LogP contribution in [0.5, 0.6) is 0 Å². The van der Waals surface area contributed by atoms with Gasteiger partial charge in [0.25, 0.3) is 0 Å². The van der Waals surface area contributed by atoms with Crippen LogP contribution in [0.2, 0.25) is 0 Å². The quantitative estimate of drug-likeness (QED) is 0.836. The molecule has 0 radical (unpaired) electrons. The number of rotatable bonds is 5. The molecule has 0 aromatic heterocycles. The van der Waals surface area contributed by atoms with Gasteiger partial charge in [0.05, 0.1) is 11.4 Å². The lowest BCUT2D eigenvalue weighted by molar-refractivity contribution is 0.582. The first-order valence-electron chi connectivity index (χ1n) is 6.85. The fourth-order valence-electron chi connectivity index (χ4n) is 2.47. The van der Waals surface area contributed by atoms with Crippen molar-refractivity contribution < 1.29 is 8.42 Å². The molecule has 1 aliphatic rings. The summed E-state index contributed by atoms with van der Waals surface area (Å²) in [4.78, 5) is 0. The van der Waals surface area contributed by atoms with Crippen LogP contribution in [0.25, 0.3) is 0 Å². The van der Waals surface area contributed by atoms with Crippen LogP contribution in [0.15, 0.2) is 18.2 Å². The van der Waals surface area contributed by atoms with E-state index in [9.17, 15) is 8.42 Å². The molecule has 1 heterocycles. The largest absolute Gasteiger partial charge is 0.316 e. The number of aryl methyl sites for hydroxylation is 2. The standard InChI is InChI=1S/C14H22N2O2S/c1-3-15-8-10-19(17,18)16-9-4-5-13-11-12(2)6-7-14(13)16/h6-7,11,15H,3-5,8-10H2,1-2H3. The lowest BCUT2D eigenvalue weighted by atomic mass is 10.0. The molecule has 4 nitrogen and oxygen atoms in total. The van der Waals surface area contributed by atoms with Gasteiger partial charge in [-0.1, -0.05) is 24.6 Å². The second-order valence-electron chi connectivity index (χ2n) is 4.98. The molecule has 19 heavy (non-hydrogen) atoms. The van der Waals surface area contributed by atoms with Gasteiger partial charge in [-0.15, -0.1) is 0 Å². The number of anilines is 1. The first-order chi connectivity index (χ1) is 9.04. The predicted octanol–water partition coefficient (Wildman–Crippen LogP) is 1.69. The number of benzene rings is 1. The highest BCUT2D eigenvalue weighted by Crippen LogP contribution is 2.30. The Morgan fingerprint density at radius 1 is 1.37 bits per heavy atom. The van der Waals surface area contributed by atoms with Gasteiger partial charge in [0.1, 0.15) is 0 Å². The zero-order valence-electron chi connectivity index (χ0n) is 11.6. The van der Waals surface area contributed by atoms with Crippen molar-refractivity contribution in [3.05, 3.63) is 29.3 Å². The summed E-state index contributed by atoms with van der Waals surface area (Å²) in [5.74, 6) is 0.161. The van der Waals surface area contributed by atoms with E-state index in [-0.39, 0.29) is 5.75 Å². The zero-order chi connectivity index (χ0) is 13.9. The van der Waals surface area contributed by atoms with E-state index in [2.05, 4.69) is 11.4 Å². The molecule has 0 amide bonds. The van der Waals surface area contributed by atoms with E-state index in [4.69, 9.17) is 0 Å². The van der Waals surface area contributed by atoms with Gasteiger partial charge in [-0.2, -0.15) is 0 Å². The van der Waals surface area contributed by atoms with E-state index in [1.54, 1.807) is 4.31 Å². The van der Waals surface area contributed by atoms with Crippen LogP contribution in [0.3, 0.4) is 0 Å². The van der Waals surface area contributed by atoms with Crippen LogP contribution in [-0.2, 0) is 16.4 Å². The van der Waals surface area contributed by atoms with Crippen molar-refractivity contribution in [2.45, 2.75) is 26.7 Å². The van der Waals surface area contributed by atoms with E-state index in [0.29, 0.717) is 13.1 Å². The summed E-state index contributed by atoms with van der Waals surface area (Å²) in [6.07, 6.45) is 1.87. The highest BCUT2D eigenvalue weighted by molar-refractivity contribution is 7.92. The number of sulfonamides is 1. The number of fused-ring (bicyclic) bond motifs is 1. The summed E-state index contributed by atoms with van der Waals surface area (Å²) < 4.78 is 26.4. The molecule has 1 N–H and O–H groups in total. The average molecular weight is 282 g/mol. The van der Waals surface area contributed by atoms with Crippen LogP contribution in [-0.4, -0.2) is 33.8 Å². The Morgan fingerprint density at radius 3 is 2.89 bits per heavy atom. The zero-order valence-corrected chi connectivity index (χ0v) is 12.5. The molecule has 0 unspecified atom stereocenters. The topological polar surface area (TPSA) is 49.4 Å². The van der Waals surface area contributed by atoms with Crippen LogP contribution >= 0.6 is 0 Å². The maximum absolute atomic E-state index is 12.4. The van der Waals surface area contributed by atoms with Crippen molar-refractivity contribution >= 4 is 15.7 Å². The first kappa shape index (κ1) is 14.3. The normalized spacial score (nSPS) is 15.4. The van der Waals surface area contributed by atoms with Gasteiger partial charge in [0.2, 0.25) is 10.0 Å². The third kappa shape index (κ3) is 3.28. The van der Waals surface area contributed by atoms with Crippen molar-refractivity contribution in [2.75, 3.05) is 29.7 Å². The van der Waals surface area contributed by atoms with Gasteiger partial charge in [0, 0.05) is 13.1 Å². The van der Waals surface area contributed by atoms with Gasteiger partial charge in [-0.3, -0.25) is 4.31 Å². The first-order valence-corrected chi connectivity index (χ1v) is 8.46. The van der Waals surface area contributed by atoms with E-state index in [0.717, 1.165) is 30.6 Å².